The van der Waals surface area contributed by atoms with Gasteiger partial charge in [-0.2, -0.15) is 0 Å². The summed E-state index contributed by atoms with van der Waals surface area (Å²) in [5.74, 6) is 0. The second-order valence-corrected chi connectivity index (χ2v) is 18.0. The van der Waals surface area contributed by atoms with Gasteiger partial charge < -0.3 is 9.13 Å². The molecule has 60 heavy (non-hydrogen) atoms. The first-order valence-corrected chi connectivity index (χ1v) is 24.3. The summed E-state index contributed by atoms with van der Waals surface area (Å²) in [5.41, 5.74) is 7.91. The fraction of sp³-hybridized carbons (Fsp3) is 0.414. The molecule has 0 amide bonds. The van der Waals surface area contributed by atoms with Gasteiger partial charge >= 0.3 is 0 Å². The maximum absolute atomic E-state index is 2.36. The number of benzene rings is 6. The first kappa shape index (κ1) is 41.9. The van der Waals surface area contributed by atoms with Gasteiger partial charge in [0.1, 0.15) is 0 Å². The van der Waals surface area contributed by atoms with Gasteiger partial charge in [-0.1, -0.05) is 190 Å². The smallest absolute Gasteiger partial charge is 0.0534 e. The summed E-state index contributed by atoms with van der Waals surface area (Å²) in [5, 5.41) is 10.5. The molecular formula is C58H70N2. The summed E-state index contributed by atoms with van der Waals surface area (Å²) in [4.78, 5) is 0. The monoisotopic (exact) mass is 795 g/mol. The third kappa shape index (κ3) is 9.86. The quantitative estimate of drug-likeness (QED) is 0.0426. The number of aryl methyl sites for hydroxylation is 2. The molecule has 312 valence electrons. The molecule has 6 aromatic carbocycles. The molecule has 2 heterocycles. The second kappa shape index (κ2) is 21.1. The summed E-state index contributed by atoms with van der Waals surface area (Å²) in [6.07, 6.45) is 34.6. The molecular weight excluding hydrogens is 725 g/mol. The Kier molecular flexibility index (Phi) is 14.7. The van der Waals surface area contributed by atoms with Crippen molar-refractivity contribution in [3.63, 3.8) is 0 Å². The third-order valence-electron chi connectivity index (χ3n) is 13.6. The normalized spacial score (nSPS) is 12.0. The van der Waals surface area contributed by atoms with Crippen molar-refractivity contribution >= 4 is 54.1 Å². The molecule has 0 saturated heterocycles. The molecule has 0 atom stereocenters. The van der Waals surface area contributed by atoms with Crippen LogP contribution in [-0.4, -0.2) is 9.13 Å². The topological polar surface area (TPSA) is 9.86 Å². The van der Waals surface area contributed by atoms with Gasteiger partial charge in [-0.25, -0.2) is 0 Å². The number of unbranched alkanes of at least 4 members (excludes halogenated alkanes) is 18. The highest BCUT2D eigenvalue weighted by Crippen LogP contribution is 2.38. The number of aromatic nitrogens is 2. The van der Waals surface area contributed by atoms with Crippen LogP contribution in [0.15, 0.2) is 122 Å². The van der Waals surface area contributed by atoms with Crippen LogP contribution in [0.2, 0.25) is 0 Å². The van der Waals surface area contributed by atoms with E-state index in [1.54, 1.807) is 0 Å². The summed E-state index contributed by atoms with van der Waals surface area (Å²) < 4.78 is 4.72. The molecule has 0 unspecified atom stereocenters. The van der Waals surface area contributed by atoms with Crippen molar-refractivity contribution in [3.05, 3.63) is 133 Å². The van der Waals surface area contributed by atoms with E-state index in [9.17, 15) is 0 Å². The molecule has 0 spiro atoms. The molecule has 0 aliphatic heterocycles. The Labute approximate surface area is 361 Å². The highest BCUT2D eigenvalue weighted by Gasteiger charge is 2.13. The van der Waals surface area contributed by atoms with Crippen molar-refractivity contribution in [2.75, 3.05) is 0 Å². The lowest BCUT2D eigenvalue weighted by Gasteiger charge is -2.12. The van der Waals surface area contributed by atoms with Gasteiger partial charge in [0.15, 0.2) is 0 Å². The summed E-state index contributed by atoms with van der Waals surface area (Å²) in [7, 11) is 0. The minimum Gasteiger partial charge on any atom is -0.317 e. The van der Waals surface area contributed by atoms with Crippen LogP contribution >= 0.6 is 0 Å². The Bertz CT molecular complexity index is 2380. The van der Waals surface area contributed by atoms with E-state index >= 15 is 0 Å². The summed E-state index contributed by atoms with van der Waals surface area (Å²) in [6, 6.07) is 42.0. The van der Waals surface area contributed by atoms with Crippen LogP contribution in [0.1, 0.15) is 153 Å². The predicted molar refractivity (Wildman–Crippen MR) is 264 cm³/mol. The van der Waals surface area contributed by atoms with Crippen LogP contribution in [0, 0.1) is 0 Å². The fourth-order valence-electron chi connectivity index (χ4n) is 10.0. The summed E-state index contributed by atoms with van der Waals surface area (Å²) in [6.45, 7) is 4.59. The molecule has 2 heteroatoms. The van der Waals surface area contributed by atoms with Crippen LogP contribution in [0.3, 0.4) is 0 Å². The lowest BCUT2D eigenvalue weighted by Crippen LogP contribution is -1.93. The van der Waals surface area contributed by atoms with E-state index in [-0.39, 0.29) is 0 Å². The SMILES string of the molecule is CCCCCCCCCCCCc1ccc(-n2ccc3c4ccc5c(ccc6c5ccc5c6ccn5-c5ccc(CCCCCCCCCCCC)cc5)c4ccc32)cc1. The molecule has 0 N–H and O–H groups in total. The lowest BCUT2D eigenvalue weighted by molar-refractivity contribution is 0.556. The zero-order valence-corrected chi connectivity index (χ0v) is 37.0. The molecule has 0 bridgehead atoms. The fourth-order valence-corrected chi connectivity index (χ4v) is 10.0. The number of nitrogens with zero attached hydrogens (tertiary/aromatic N) is 2. The van der Waals surface area contributed by atoms with E-state index in [2.05, 4.69) is 145 Å². The molecule has 2 aromatic heterocycles. The first-order chi connectivity index (χ1) is 29.7. The molecule has 0 fully saturated rings. The maximum Gasteiger partial charge on any atom is 0.0534 e. The maximum atomic E-state index is 2.36. The van der Waals surface area contributed by atoms with Crippen LogP contribution in [0.5, 0.6) is 0 Å². The Morgan fingerprint density at radius 1 is 0.267 bits per heavy atom. The number of hydrogen-bond acceptors (Lipinski definition) is 0. The van der Waals surface area contributed by atoms with Gasteiger partial charge in [-0.3, -0.25) is 0 Å². The van der Waals surface area contributed by atoms with E-state index in [4.69, 9.17) is 0 Å². The van der Waals surface area contributed by atoms with Crippen LogP contribution < -0.4 is 0 Å². The van der Waals surface area contributed by atoms with E-state index in [1.807, 2.05) is 0 Å². The van der Waals surface area contributed by atoms with E-state index in [0.717, 1.165) is 0 Å². The zero-order valence-electron chi connectivity index (χ0n) is 37.0. The lowest BCUT2D eigenvalue weighted by atomic mass is 9.94. The van der Waals surface area contributed by atoms with Crippen molar-refractivity contribution in [3.8, 4) is 11.4 Å². The van der Waals surface area contributed by atoms with Crippen molar-refractivity contribution in [1.82, 2.24) is 9.13 Å². The van der Waals surface area contributed by atoms with E-state index in [0.29, 0.717) is 0 Å². The molecule has 2 nitrogen and oxygen atoms in total. The van der Waals surface area contributed by atoms with Crippen molar-refractivity contribution in [2.24, 2.45) is 0 Å². The van der Waals surface area contributed by atoms with Crippen molar-refractivity contribution in [1.29, 1.82) is 0 Å². The van der Waals surface area contributed by atoms with Gasteiger partial charge in [0.05, 0.1) is 11.0 Å². The van der Waals surface area contributed by atoms with Gasteiger partial charge in [0.2, 0.25) is 0 Å². The average Bonchev–Trinajstić information content (AvgIpc) is 3.93. The number of rotatable bonds is 24. The molecule has 8 rings (SSSR count). The van der Waals surface area contributed by atoms with Crippen molar-refractivity contribution < 1.29 is 0 Å². The minimum absolute atomic E-state index is 1.18. The van der Waals surface area contributed by atoms with Gasteiger partial charge in [0.25, 0.3) is 0 Å². The second-order valence-electron chi connectivity index (χ2n) is 18.0. The van der Waals surface area contributed by atoms with E-state index in [1.165, 1.54) is 218 Å². The Hall–Kier alpha value is -4.82. The van der Waals surface area contributed by atoms with Crippen LogP contribution in [-0.2, 0) is 12.8 Å². The molecule has 0 aliphatic carbocycles. The Morgan fingerprint density at radius 2 is 0.550 bits per heavy atom. The Balaban J connectivity index is 0.906. The molecule has 0 radical (unpaired) electrons. The number of fused-ring (bicyclic) bond motifs is 9. The third-order valence-corrected chi connectivity index (χ3v) is 13.6. The highest BCUT2D eigenvalue weighted by molar-refractivity contribution is 6.24. The van der Waals surface area contributed by atoms with Gasteiger partial charge in [0, 0.05) is 34.5 Å². The summed E-state index contributed by atoms with van der Waals surface area (Å²) >= 11 is 0. The number of hydrogen-bond donors (Lipinski definition) is 0. The Morgan fingerprint density at radius 3 is 0.883 bits per heavy atom. The largest absolute Gasteiger partial charge is 0.317 e. The zero-order chi connectivity index (χ0) is 40.9. The van der Waals surface area contributed by atoms with Gasteiger partial charge in [-0.05, 0) is 118 Å². The molecule has 0 saturated carbocycles. The standard InChI is InChI=1S/C58H70N2/c1-3-5-7-9-11-13-15-17-19-21-23-45-25-29-47(30-26-45)59-43-41-55-53-35-33-50-49(51(53)37-39-57(55)59)34-36-54-52(50)38-40-58-56(54)42-44-60(58)48-31-27-46(28-32-48)24-22-20-18-16-14-12-10-8-6-4-2/h25-44H,3-24H2,1-2H3. The van der Waals surface area contributed by atoms with Gasteiger partial charge in [-0.15, -0.1) is 0 Å². The van der Waals surface area contributed by atoms with Crippen LogP contribution in [0.25, 0.3) is 65.5 Å². The highest BCUT2D eigenvalue weighted by atomic mass is 15.0. The van der Waals surface area contributed by atoms with E-state index < -0.39 is 0 Å². The first-order valence-electron chi connectivity index (χ1n) is 24.3. The average molecular weight is 795 g/mol. The van der Waals surface area contributed by atoms with Crippen molar-refractivity contribution in [2.45, 2.75) is 155 Å². The predicted octanol–water partition coefficient (Wildman–Crippen LogP) is 18.0. The minimum atomic E-state index is 1.18. The van der Waals surface area contributed by atoms with Crippen LogP contribution in [0.4, 0.5) is 0 Å². The molecule has 0 aliphatic rings. The molecule has 8 aromatic rings.